The minimum atomic E-state index is -0.610. The largest absolute Gasteiger partial charge is 0.442 e. The lowest BCUT2D eigenvalue weighted by Crippen LogP contribution is -2.33. The monoisotopic (exact) mass is 358 g/mol. The molecule has 26 heavy (non-hydrogen) atoms. The average molecular weight is 358 g/mol. The predicted molar refractivity (Wildman–Crippen MR) is 88.3 cm³/mol. The second-order valence-electron chi connectivity index (χ2n) is 5.57. The van der Waals surface area contributed by atoms with Gasteiger partial charge < -0.3 is 10.1 Å². The second-order valence-corrected chi connectivity index (χ2v) is 5.57. The summed E-state index contributed by atoms with van der Waals surface area (Å²) in [4.78, 5) is 25.4. The van der Waals surface area contributed by atoms with Crippen LogP contribution < -0.4 is 10.2 Å². The van der Waals surface area contributed by atoms with Gasteiger partial charge in [0.2, 0.25) is 11.7 Å². The Morgan fingerprint density at radius 3 is 3.04 bits per heavy atom. The lowest BCUT2D eigenvalue weighted by atomic mass is 10.1. The lowest BCUT2D eigenvalue weighted by Gasteiger charge is -2.13. The Morgan fingerprint density at radius 1 is 1.54 bits per heavy atom. The van der Waals surface area contributed by atoms with Gasteiger partial charge in [-0.15, -0.1) is 16.6 Å². The van der Waals surface area contributed by atoms with Gasteiger partial charge in [-0.05, 0) is 23.4 Å². The number of hydrogen-bond acceptors (Lipinski definition) is 6. The van der Waals surface area contributed by atoms with E-state index in [4.69, 9.17) is 11.2 Å². The molecule has 10 heteroatoms. The second kappa shape index (κ2) is 7.18. The summed E-state index contributed by atoms with van der Waals surface area (Å²) < 4.78 is 19.6. The van der Waals surface area contributed by atoms with Crippen LogP contribution in [0.15, 0.2) is 18.2 Å². The highest BCUT2D eigenvalue weighted by molar-refractivity contribution is 5.90. The molecule has 2 heterocycles. The Kier molecular flexibility index (Phi) is 4.79. The maximum atomic E-state index is 14.5. The highest BCUT2D eigenvalue weighted by Gasteiger charge is 2.32. The normalized spacial score (nSPS) is 16.3. The molecule has 0 radical (unpaired) electrons. The number of ether oxygens (including phenoxy) is 1. The number of hydrogen-bond donors (Lipinski definition) is 1. The molecule has 0 saturated carbocycles. The molecule has 2 aromatic rings. The van der Waals surface area contributed by atoms with E-state index in [0.717, 1.165) is 0 Å². The predicted octanol–water partition coefficient (Wildman–Crippen LogP) is 0.574. The van der Waals surface area contributed by atoms with Crippen LogP contribution in [0, 0.1) is 18.2 Å². The third kappa shape index (κ3) is 3.61. The summed E-state index contributed by atoms with van der Waals surface area (Å²) >= 11 is 0. The van der Waals surface area contributed by atoms with Crippen LogP contribution in [0.25, 0.3) is 11.4 Å². The maximum Gasteiger partial charge on any atom is 0.414 e. The number of tetrazole rings is 1. The number of carbonyl (C=O) groups excluding carboxylic acids is 2. The number of halogens is 1. The van der Waals surface area contributed by atoms with Crippen molar-refractivity contribution in [1.82, 2.24) is 25.5 Å². The van der Waals surface area contributed by atoms with Gasteiger partial charge in [-0.1, -0.05) is 5.92 Å². The molecule has 1 fully saturated rings. The molecule has 3 rings (SSSR count). The summed E-state index contributed by atoms with van der Waals surface area (Å²) in [5.74, 6) is 1.62. The highest BCUT2D eigenvalue weighted by Crippen LogP contribution is 2.27. The van der Waals surface area contributed by atoms with Crippen molar-refractivity contribution >= 4 is 17.7 Å². The van der Waals surface area contributed by atoms with Crippen molar-refractivity contribution in [3.63, 3.8) is 0 Å². The maximum absolute atomic E-state index is 14.5. The third-order valence-electron chi connectivity index (χ3n) is 3.64. The van der Waals surface area contributed by atoms with Crippen LogP contribution in [-0.4, -0.2) is 51.4 Å². The summed E-state index contributed by atoms with van der Waals surface area (Å²) in [6.07, 6.45) is 4.06. The summed E-state index contributed by atoms with van der Waals surface area (Å²) in [5.41, 5.74) is 0.469. The van der Waals surface area contributed by atoms with Crippen LogP contribution in [0.1, 0.15) is 6.92 Å². The molecule has 0 spiro atoms. The van der Waals surface area contributed by atoms with E-state index in [1.165, 1.54) is 28.8 Å². The fourth-order valence-electron chi connectivity index (χ4n) is 2.45. The summed E-state index contributed by atoms with van der Waals surface area (Å²) in [5, 5.41) is 14.1. The zero-order valence-corrected chi connectivity index (χ0v) is 13.8. The number of rotatable bonds is 5. The minimum Gasteiger partial charge on any atom is -0.442 e. The van der Waals surface area contributed by atoms with Crippen LogP contribution in [0.5, 0.6) is 0 Å². The number of nitrogens with zero attached hydrogens (tertiary/aromatic N) is 5. The van der Waals surface area contributed by atoms with Crippen LogP contribution in [0.3, 0.4) is 0 Å². The van der Waals surface area contributed by atoms with Crippen LogP contribution in [0.2, 0.25) is 0 Å². The van der Waals surface area contributed by atoms with Crippen molar-refractivity contribution < 1.29 is 18.7 Å². The van der Waals surface area contributed by atoms with Gasteiger partial charge in [0, 0.05) is 6.92 Å². The van der Waals surface area contributed by atoms with E-state index >= 15 is 0 Å². The molecular formula is C16H15FN6O3. The van der Waals surface area contributed by atoms with Gasteiger partial charge in [0.25, 0.3) is 0 Å². The van der Waals surface area contributed by atoms with Gasteiger partial charge >= 0.3 is 6.09 Å². The summed E-state index contributed by atoms with van der Waals surface area (Å²) in [6.45, 7) is 1.90. The quantitative estimate of drug-likeness (QED) is 0.784. The average Bonchev–Trinajstić information content (AvgIpc) is 3.20. The standard InChI is InChI=1S/C16H15FN6O3/c1-3-6-23-20-15(19-21-23)13-5-4-11(7-14(13)17)22-9-12(26-16(22)25)8-18-10(2)24/h1,4-5,7,12H,6,8-9H2,2H3,(H,18,24)/t12-/m0/s1. The third-order valence-corrected chi connectivity index (χ3v) is 3.64. The molecule has 0 aliphatic carbocycles. The van der Waals surface area contributed by atoms with E-state index in [1.807, 2.05) is 0 Å². The van der Waals surface area contributed by atoms with E-state index < -0.39 is 18.0 Å². The van der Waals surface area contributed by atoms with E-state index in [0.29, 0.717) is 5.69 Å². The molecule has 1 atom stereocenters. The smallest absolute Gasteiger partial charge is 0.414 e. The topological polar surface area (TPSA) is 102 Å². The Bertz CT molecular complexity index is 890. The lowest BCUT2D eigenvalue weighted by molar-refractivity contribution is -0.119. The van der Waals surface area contributed by atoms with Gasteiger partial charge in [0.15, 0.2) is 0 Å². The fourth-order valence-corrected chi connectivity index (χ4v) is 2.45. The number of cyclic esters (lactones) is 1. The molecule has 1 saturated heterocycles. The van der Waals surface area contributed by atoms with Crippen molar-refractivity contribution in [2.45, 2.75) is 19.6 Å². The molecule has 1 aromatic heterocycles. The van der Waals surface area contributed by atoms with E-state index in [1.54, 1.807) is 6.07 Å². The van der Waals surface area contributed by atoms with Crippen LogP contribution in [0.4, 0.5) is 14.9 Å². The molecule has 1 aromatic carbocycles. The first-order chi connectivity index (χ1) is 12.5. The number of benzene rings is 1. The zero-order valence-electron chi connectivity index (χ0n) is 13.8. The van der Waals surface area contributed by atoms with Crippen molar-refractivity contribution in [3.05, 3.63) is 24.0 Å². The first-order valence-electron chi connectivity index (χ1n) is 7.71. The first-order valence-corrected chi connectivity index (χ1v) is 7.71. The first kappa shape index (κ1) is 17.3. The Morgan fingerprint density at radius 2 is 2.35 bits per heavy atom. The Balaban J connectivity index is 1.76. The highest BCUT2D eigenvalue weighted by atomic mass is 19.1. The number of nitrogens with one attached hydrogen (secondary N) is 1. The molecule has 0 unspecified atom stereocenters. The molecule has 2 amide bonds. The molecule has 9 nitrogen and oxygen atoms in total. The van der Waals surface area contributed by atoms with Crippen molar-refractivity contribution in [1.29, 1.82) is 0 Å². The van der Waals surface area contributed by atoms with Crippen molar-refractivity contribution in [3.8, 4) is 23.7 Å². The molecule has 1 aliphatic rings. The molecule has 1 aliphatic heterocycles. The van der Waals surface area contributed by atoms with Gasteiger partial charge in [-0.2, -0.15) is 4.80 Å². The van der Waals surface area contributed by atoms with Gasteiger partial charge in [-0.3, -0.25) is 9.69 Å². The fraction of sp³-hybridized carbons (Fsp3) is 0.312. The number of carbonyl (C=O) groups is 2. The summed E-state index contributed by atoms with van der Waals surface area (Å²) in [7, 11) is 0. The Labute approximate surface area is 148 Å². The van der Waals surface area contributed by atoms with Crippen LogP contribution >= 0.6 is 0 Å². The van der Waals surface area contributed by atoms with Gasteiger partial charge in [0.05, 0.1) is 24.3 Å². The minimum absolute atomic E-state index is 0.0943. The summed E-state index contributed by atoms with van der Waals surface area (Å²) in [6, 6.07) is 4.21. The number of aromatic nitrogens is 4. The molecule has 0 bridgehead atoms. The number of amides is 2. The molecule has 134 valence electrons. The van der Waals surface area contributed by atoms with E-state index in [9.17, 15) is 14.0 Å². The van der Waals surface area contributed by atoms with Crippen molar-refractivity contribution in [2.75, 3.05) is 18.0 Å². The number of anilines is 1. The van der Waals surface area contributed by atoms with E-state index in [2.05, 4.69) is 26.6 Å². The van der Waals surface area contributed by atoms with Crippen molar-refractivity contribution in [2.24, 2.45) is 0 Å². The molecule has 1 N–H and O–H groups in total. The SMILES string of the molecule is C#CCn1nnc(-c2ccc(N3C[C@H](CNC(C)=O)OC3=O)cc2F)n1. The van der Waals surface area contributed by atoms with Gasteiger partial charge in [-0.25, -0.2) is 9.18 Å². The molecular weight excluding hydrogens is 343 g/mol. The number of terminal acetylenes is 1. The zero-order chi connectivity index (χ0) is 18.7. The van der Waals surface area contributed by atoms with Gasteiger partial charge in [0.1, 0.15) is 18.5 Å². The van der Waals surface area contributed by atoms with E-state index in [-0.39, 0.29) is 36.9 Å². The van der Waals surface area contributed by atoms with Crippen LogP contribution in [-0.2, 0) is 16.1 Å². The Hall–Kier alpha value is -3.48.